The van der Waals surface area contributed by atoms with E-state index < -0.39 is 17.9 Å². The highest BCUT2D eigenvalue weighted by molar-refractivity contribution is 6.18. The second-order valence-corrected chi connectivity index (χ2v) is 8.49. The molecule has 0 radical (unpaired) electrons. The van der Waals surface area contributed by atoms with Gasteiger partial charge in [-0.25, -0.2) is 4.79 Å². The lowest BCUT2D eigenvalue weighted by Crippen LogP contribution is -2.12. The third kappa shape index (κ3) is 6.38. The minimum Gasteiger partial charge on any atom is -0.462 e. The predicted octanol–water partition coefficient (Wildman–Crippen LogP) is 7.14. The Morgan fingerprint density at radius 1 is 0.657 bits per heavy atom. The zero-order valence-corrected chi connectivity index (χ0v) is 20.9. The molecule has 0 aliphatic heterocycles. The summed E-state index contributed by atoms with van der Waals surface area (Å²) in [6, 6.07) is 12.3. The molecular formula is C29H34O6. The first-order valence-corrected chi connectivity index (χ1v) is 12.6. The monoisotopic (exact) mass is 478 g/mol. The van der Waals surface area contributed by atoms with E-state index in [0.29, 0.717) is 33.9 Å². The smallest absolute Gasteiger partial charge is 0.338 e. The molecule has 3 rings (SSSR count). The average Bonchev–Trinajstić information content (AvgIpc) is 2.89. The number of hydrogen-bond donors (Lipinski definition) is 0. The number of carbonyl (C=O) groups excluding carboxylic acids is 3. The third-order valence-electron chi connectivity index (χ3n) is 5.91. The van der Waals surface area contributed by atoms with Crippen molar-refractivity contribution < 1.29 is 28.6 Å². The van der Waals surface area contributed by atoms with Gasteiger partial charge in [0.2, 0.25) is 0 Å². The van der Waals surface area contributed by atoms with E-state index in [-0.39, 0.29) is 24.2 Å². The van der Waals surface area contributed by atoms with Gasteiger partial charge >= 0.3 is 17.9 Å². The molecule has 3 aromatic rings. The van der Waals surface area contributed by atoms with Crippen molar-refractivity contribution >= 4 is 39.5 Å². The maximum atomic E-state index is 13.2. The Morgan fingerprint density at radius 3 is 1.89 bits per heavy atom. The van der Waals surface area contributed by atoms with Crippen LogP contribution in [-0.4, -0.2) is 24.5 Å². The van der Waals surface area contributed by atoms with Crippen molar-refractivity contribution in [3.05, 3.63) is 48.0 Å². The number of benzene rings is 3. The molecule has 0 aliphatic rings. The molecule has 0 spiro atoms. The standard InChI is InChI=1S/C29H34O6/c1-4-7-8-9-10-13-19-33-29(32)23-18-14-17-22-26(23)28(35-25(31)6-3)21-16-12-11-15-20(21)27(22)34-24(30)5-2/h11-12,14-18H,4-10,13,19H2,1-3H3. The van der Waals surface area contributed by atoms with E-state index in [4.69, 9.17) is 14.2 Å². The van der Waals surface area contributed by atoms with Gasteiger partial charge in [0.25, 0.3) is 0 Å². The number of ether oxygens (including phenoxy) is 3. The van der Waals surface area contributed by atoms with Gasteiger partial charge in [0.15, 0.2) is 0 Å². The molecule has 6 heteroatoms. The molecule has 0 atom stereocenters. The Hall–Kier alpha value is -3.41. The quantitative estimate of drug-likeness (QED) is 0.119. The van der Waals surface area contributed by atoms with Crippen LogP contribution in [0.2, 0.25) is 0 Å². The van der Waals surface area contributed by atoms with Crippen LogP contribution in [0.3, 0.4) is 0 Å². The Bertz CT molecular complexity index is 1200. The second-order valence-electron chi connectivity index (χ2n) is 8.49. The zero-order chi connectivity index (χ0) is 25.2. The van der Waals surface area contributed by atoms with Crippen LogP contribution in [0, 0.1) is 0 Å². The number of esters is 3. The van der Waals surface area contributed by atoms with Crippen LogP contribution >= 0.6 is 0 Å². The first-order chi connectivity index (χ1) is 17.0. The van der Waals surface area contributed by atoms with Crippen LogP contribution in [0.4, 0.5) is 0 Å². The molecule has 0 saturated heterocycles. The van der Waals surface area contributed by atoms with Gasteiger partial charge in [-0.3, -0.25) is 9.59 Å². The van der Waals surface area contributed by atoms with Crippen molar-refractivity contribution in [1.82, 2.24) is 0 Å². The van der Waals surface area contributed by atoms with Crippen LogP contribution in [0.5, 0.6) is 11.5 Å². The van der Waals surface area contributed by atoms with Crippen molar-refractivity contribution in [2.75, 3.05) is 6.61 Å². The van der Waals surface area contributed by atoms with Gasteiger partial charge in [-0.05, 0) is 12.5 Å². The number of hydrogen-bond acceptors (Lipinski definition) is 6. The fraction of sp³-hybridized carbons (Fsp3) is 0.414. The SMILES string of the molecule is CCCCCCCCOC(=O)c1cccc2c(OC(=O)CC)c3ccccc3c(OC(=O)CC)c12. The Labute approximate surface area is 206 Å². The summed E-state index contributed by atoms with van der Waals surface area (Å²) in [6.45, 7) is 5.92. The summed E-state index contributed by atoms with van der Waals surface area (Å²) in [5.74, 6) is -0.716. The first-order valence-electron chi connectivity index (χ1n) is 12.6. The van der Waals surface area contributed by atoms with Crippen LogP contribution in [0.15, 0.2) is 42.5 Å². The molecule has 0 bridgehead atoms. The minimum absolute atomic E-state index is 0.174. The normalized spacial score (nSPS) is 10.9. The fourth-order valence-electron chi connectivity index (χ4n) is 4.03. The summed E-state index contributed by atoms with van der Waals surface area (Å²) >= 11 is 0. The van der Waals surface area contributed by atoms with Gasteiger partial charge in [-0.1, -0.05) is 89.3 Å². The van der Waals surface area contributed by atoms with Gasteiger partial charge in [0.05, 0.1) is 12.2 Å². The first kappa shape index (κ1) is 26.2. The van der Waals surface area contributed by atoms with E-state index >= 15 is 0 Å². The van der Waals surface area contributed by atoms with Crippen molar-refractivity contribution in [3.8, 4) is 11.5 Å². The van der Waals surface area contributed by atoms with Crippen LogP contribution in [-0.2, 0) is 14.3 Å². The number of carbonyl (C=O) groups is 3. The molecule has 0 amide bonds. The number of rotatable bonds is 12. The van der Waals surface area contributed by atoms with Gasteiger partial charge in [0, 0.05) is 34.4 Å². The third-order valence-corrected chi connectivity index (χ3v) is 5.91. The topological polar surface area (TPSA) is 78.9 Å². The van der Waals surface area contributed by atoms with E-state index in [1.165, 1.54) is 19.3 Å². The molecule has 0 aromatic heterocycles. The Kier molecular flexibility index (Phi) is 9.65. The lowest BCUT2D eigenvalue weighted by atomic mass is 9.96. The molecule has 35 heavy (non-hydrogen) atoms. The molecule has 0 fully saturated rings. The van der Waals surface area contributed by atoms with Crippen molar-refractivity contribution in [2.24, 2.45) is 0 Å². The maximum Gasteiger partial charge on any atom is 0.338 e. The molecule has 3 aromatic carbocycles. The molecule has 0 heterocycles. The van der Waals surface area contributed by atoms with Gasteiger partial charge < -0.3 is 14.2 Å². The summed E-state index contributed by atoms with van der Waals surface area (Å²) in [6.07, 6.45) is 6.87. The zero-order valence-electron chi connectivity index (χ0n) is 20.9. The number of fused-ring (bicyclic) bond motifs is 2. The summed E-state index contributed by atoms with van der Waals surface area (Å²) in [5, 5.41) is 2.12. The van der Waals surface area contributed by atoms with Crippen LogP contribution < -0.4 is 9.47 Å². The van der Waals surface area contributed by atoms with Gasteiger partial charge in [-0.2, -0.15) is 0 Å². The Morgan fingerprint density at radius 2 is 1.23 bits per heavy atom. The molecule has 0 N–H and O–H groups in total. The molecule has 0 saturated carbocycles. The Balaban J connectivity index is 2.06. The molecule has 0 unspecified atom stereocenters. The lowest BCUT2D eigenvalue weighted by Gasteiger charge is -2.18. The molecule has 186 valence electrons. The fourth-order valence-corrected chi connectivity index (χ4v) is 4.03. The highest BCUT2D eigenvalue weighted by Crippen LogP contribution is 2.44. The predicted molar refractivity (Wildman–Crippen MR) is 137 cm³/mol. The van der Waals surface area contributed by atoms with E-state index in [2.05, 4.69) is 6.92 Å². The lowest BCUT2D eigenvalue weighted by molar-refractivity contribution is -0.134. The van der Waals surface area contributed by atoms with Gasteiger partial charge in [-0.15, -0.1) is 0 Å². The van der Waals surface area contributed by atoms with Crippen molar-refractivity contribution in [2.45, 2.75) is 72.1 Å². The molecule has 6 nitrogen and oxygen atoms in total. The summed E-state index contributed by atoms with van der Waals surface area (Å²) < 4.78 is 17.1. The number of unbranched alkanes of at least 4 members (excludes halogenated alkanes) is 5. The summed E-state index contributed by atoms with van der Waals surface area (Å²) in [7, 11) is 0. The highest BCUT2D eigenvalue weighted by atomic mass is 16.5. The van der Waals surface area contributed by atoms with Crippen LogP contribution in [0.25, 0.3) is 21.5 Å². The average molecular weight is 479 g/mol. The largest absolute Gasteiger partial charge is 0.462 e. The van der Waals surface area contributed by atoms with E-state index in [0.717, 1.165) is 19.3 Å². The molecular weight excluding hydrogens is 444 g/mol. The van der Waals surface area contributed by atoms with Gasteiger partial charge in [0.1, 0.15) is 11.5 Å². The van der Waals surface area contributed by atoms with E-state index in [1.807, 2.05) is 12.1 Å². The summed E-state index contributed by atoms with van der Waals surface area (Å²) in [5.41, 5.74) is 0.270. The van der Waals surface area contributed by atoms with E-state index in [1.54, 1.807) is 44.2 Å². The summed E-state index contributed by atoms with van der Waals surface area (Å²) in [4.78, 5) is 37.8. The van der Waals surface area contributed by atoms with Crippen molar-refractivity contribution in [3.63, 3.8) is 0 Å². The molecule has 0 aliphatic carbocycles. The van der Waals surface area contributed by atoms with E-state index in [9.17, 15) is 14.4 Å². The van der Waals surface area contributed by atoms with Crippen molar-refractivity contribution in [1.29, 1.82) is 0 Å². The maximum absolute atomic E-state index is 13.2. The second kappa shape index (κ2) is 12.9. The minimum atomic E-state index is -0.499. The van der Waals surface area contributed by atoms with Crippen LogP contribution in [0.1, 0.15) is 82.5 Å². The highest BCUT2D eigenvalue weighted by Gasteiger charge is 2.24.